The highest BCUT2D eigenvalue weighted by molar-refractivity contribution is 6.30. The van der Waals surface area contributed by atoms with Gasteiger partial charge in [-0.25, -0.2) is 0 Å². The van der Waals surface area contributed by atoms with Crippen molar-refractivity contribution >= 4 is 11.6 Å². The highest BCUT2D eigenvalue weighted by Crippen LogP contribution is 2.15. The van der Waals surface area contributed by atoms with Crippen molar-refractivity contribution < 1.29 is 5.11 Å². The van der Waals surface area contributed by atoms with E-state index in [2.05, 4.69) is 5.32 Å². The minimum atomic E-state index is 0.0674. The number of rotatable bonds is 4. The molecule has 2 N–H and O–H groups in total. The number of aliphatic hydroxyl groups excluding tert-OH is 1. The van der Waals surface area contributed by atoms with Gasteiger partial charge in [0.2, 0.25) is 0 Å². The Morgan fingerprint density at radius 1 is 1.38 bits per heavy atom. The molecule has 0 saturated carbocycles. The smallest absolute Gasteiger partial charge is 0.0685 e. The molecule has 0 radical (unpaired) electrons. The van der Waals surface area contributed by atoms with Gasteiger partial charge in [0.25, 0.3) is 0 Å². The first-order valence-electron chi connectivity index (χ1n) is 4.36. The van der Waals surface area contributed by atoms with E-state index in [0.717, 1.165) is 24.2 Å². The lowest BCUT2D eigenvalue weighted by molar-refractivity contribution is 0.280. The van der Waals surface area contributed by atoms with Gasteiger partial charge in [0, 0.05) is 11.6 Å². The SMILES string of the molecule is CCNCc1cc(Cl)ccc1CO. The maximum atomic E-state index is 9.04. The molecule has 0 bridgehead atoms. The monoisotopic (exact) mass is 199 g/mol. The largest absolute Gasteiger partial charge is 0.392 e. The van der Waals surface area contributed by atoms with Gasteiger partial charge in [-0.15, -0.1) is 0 Å². The number of halogens is 1. The second-order valence-electron chi connectivity index (χ2n) is 2.85. The zero-order valence-electron chi connectivity index (χ0n) is 7.68. The standard InChI is InChI=1S/C10H14ClNO/c1-2-12-6-9-5-10(11)4-3-8(9)7-13/h3-5,12-13H,2,6-7H2,1H3. The summed E-state index contributed by atoms with van der Waals surface area (Å²) in [6.45, 7) is 3.78. The van der Waals surface area contributed by atoms with Gasteiger partial charge in [-0.05, 0) is 29.8 Å². The normalized spacial score (nSPS) is 10.4. The molecule has 0 aromatic heterocycles. The van der Waals surface area contributed by atoms with Crippen LogP contribution in [0, 0.1) is 0 Å². The van der Waals surface area contributed by atoms with Crippen LogP contribution in [0.4, 0.5) is 0 Å². The Morgan fingerprint density at radius 3 is 2.77 bits per heavy atom. The van der Waals surface area contributed by atoms with Crippen LogP contribution in [0.2, 0.25) is 5.02 Å². The van der Waals surface area contributed by atoms with Crippen molar-refractivity contribution in [3.63, 3.8) is 0 Å². The Morgan fingerprint density at radius 2 is 2.15 bits per heavy atom. The van der Waals surface area contributed by atoms with E-state index in [-0.39, 0.29) is 6.61 Å². The zero-order valence-corrected chi connectivity index (χ0v) is 8.43. The van der Waals surface area contributed by atoms with Crippen LogP contribution in [0.5, 0.6) is 0 Å². The van der Waals surface area contributed by atoms with Crippen LogP contribution in [0.15, 0.2) is 18.2 Å². The van der Waals surface area contributed by atoms with E-state index < -0.39 is 0 Å². The Balaban J connectivity index is 2.81. The van der Waals surface area contributed by atoms with Crippen molar-refractivity contribution in [2.45, 2.75) is 20.1 Å². The topological polar surface area (TPSA) is 32.3 Å². The Labute approximate surface area is 83.5 Å². The second-order valence-corrected chi connectivity index (χ2v) is 3.29. The van der Waals surface area contributed by atoms with Crippen LogP contribution >= 0.6 is 11.6 Å². The summed E-state index contributed by atoms with van der Waals surface area (Å²) in [5.74, 6) is 0. The molecule has 1 rings (SSSR count). The molecule has 0 fully saturated rings. The fourth-order valence-corrected chi connectivity index (χ4v) is 1.37. The second kappa shape index (κ2) is 5.22. The number of hydrogen-bond acceptors (Lipinski definition) is 2. The summed E-state index contributed by atoms with van der Waals surface area (Å²) >= 11 is 5.84. The van der Waals surface area contributed by atoms with E-state index >= 15 is 0 Å². The van der Waals surface area contributed by atoms with Gasteiger partial charge in [-0.1, -0.05) is 24.6 Å². The lowest BCUT2D eigenvalue weighted by Gasteiger charge is -2.07. The molecular formula is C10H14ClNO. The first-order valence-corrected chi connectivity index (χ1v) is 4.74. The molecule has 72 valence electrons. The summed E-state index contributed by atoms with van der Waals surface area (Å²) in [7, 11) is 0. The molecule has 0 aliphatic rings. The summed E-state index contributed by atoms with van der Waals surface area (Å²) < 4.78 is 0. The summed E-state index contributed by atoms with van der Waals surface area (Å²) in [5.41, 5.74) is 2.00. The minimum absolute atomic E-state index is 0.0674. The Bertz CT molecular complexity index is 276. The molecule has 2 nitrogen and oxygen atoms in total. The third-order valence-corrected chi connectivity index (χ3v) is 2.14. The van der Waals surface area contributed by atoms with Crippen LogP contribution in [-0.4, -0.2) is 11.7 Å². The lowest BCUT2D eigenvalue weighted by atomic mass is 10.1. The van der Waals surface area contributed by atoms with E-state index in [9.17, 15) is 0 Å². The molecular weight excluding hydrogens is 186 g/mol. The Kier molecular flexibility index (Phi) is 4.22. The number of aliphatic hydroxyl groups is 1. The van der Waals surface area contributed by atoms with Crippen LogP contribution in [0.3, 0.4) is 0 Å². The highest BCUT2D eigenvalue weighted by atomic mass is 35.5. The molecule has 0 unspecified atom stereocenters. The van der Waals surface area contributed by atoms with Crippen molar-refractivity contribution in [2.24, 2.45) is 0 Å². The average Bonchev–Trinajstić information content (AvgIpc) is 2.15. The van der Waals surface area contributed by atoms with Crippen molar-refractivity contribution in [3.05, 3.63) is 34.3 Å². The molecule has 13 heavy (non-hydrogen) atoms. The Hall–Kier alpha value is -0.570. The summed E-state index contributed by atoms with van der Waals surface area (Å²) in [6.07, 6.45) is 0. The van der Waals surface area contributed by atoms with Crippen molar-refractivity contribution in [3.8, 4) is 0 Å². The molecule has 0 heterocycles. The molecule has 1 aromatic carbocycles. The van der Waals surface area contributed by atoms with E-state index in [4.69, 9.17) is 16.7 Å². The van der Waals surface area contributed by atoms with Crippen LogP contribution < -0.4 is 5.32 Å². The number of nitrogens with one attached hydrogen (secondary N) is 1. The van der Waals surface area contributed by atoms with Gasteiger partial charge >= 0.3 is 0 Å². The maximum Gasteiger partial charge on any atom is 0.0685 e. The van der Waals surface area contributed by atoms with Gasteiger partial charge < -0.3 is 10.4 Å². The molecule has 3 heteroatoms. The molecule has 0 aliphatic carbocycles. The molecule has 0 atom stereocenters. The van der Waals surface area contributed by atoms with Crippen LogP contribution in [-0.2, 0) is 13.2 Å². The molecule has 0 saturated heterocycles. The average molecular weight is 200 g/mol. The lowest BCUT2D eigenvalue weighted by Crippen LogP contribution is -2.13. The van der Waals surface area contributed by atoms with Crippen molar-refractivity contribution in [1.82, 2.24) is 5.32 Å². The predicted octanol–water partition coefficient (Wildman–Crippen LogP) is 1.94. The van der Waals surface area contributed by atoms with Gasteiger partial charge in [-0.3, -0.25) is 0 Å². The van der Waals surface area contributed by atoms with E-state index in [1.54, 1.807) is 6.07 Å². The maximum absolute atomic E-state index is 9.04. The first kappa shape index (κ1) is 10.5. The van der Waals surface area contributed by atoms with Gasteiger partial charge in [0.15, 0.2) is 0 Å². The fourth-order valence-electron chi connectivity index (χ4n) is 1.17. The predicted molar refractivity (Wildman–Crippen MR) is 54.8 cm³/mol. The summed E-state index contributed by atoms with van der Waals surface area (Å²) in [6, 6.07) is 5.54. The summed E-state index contributed by atoms with van der Waals surface area (Å²) in [4.78, 5) is 0. The van der Waals surface area contributed by atoms with Crippen molar-refractivity contribution in [2.75, 3.05) is 6.54 Å². The molecule has 0 aliphatic heterocycles. The quantitative estimate of drug-likeness (QED) is 0.777. The minimum Gasteiger partial charge on any atom is -0.392 e. The first-order chi connectivity index (χ1) is 6.27. The molecule has 0 amide bonds. The van der Waals surface area contributed by atoms with E-state index in [1.807, 2.05) is 19.1 Å². The fraction of sp³-hybridized carbons (Fsp3) is 0.400. The third kappa shape index (κ3) is 2.99. The van der Waals surface area contributed by atoms with Crippen LogP contribution in [0.1, 0.15) is 18.1 Å². The third-order valence-electron chi connectivity index (χ3n) is 1.90. The van der Waals surface area contributed by atoms with Gasteiger partial charge in [0.1, 0.15) is 0 Å². The van der Waals surface area contributed by atoms with E-state index in [0.29, 0.717) is 5.02 Å². The van der Waals surface area contributed by atoms with Crippen LogP contribution in [0.25, 0.3) is 0 Å². The zero-order chi connectivity index (χ0) is 9.68. The highest BCUT2D eigenvalue weighted by Gasteiger charge is 2.01. The van der Waals surface area contributed by atoms with Gasteiger partial charge in [-0.2, -0.15) is 0 Å². The molecule has 0 spiro atoms. The summed E-state index contributed by atoms with van der Waals surface area (Å²) in [5, 5.41) is 12.9. The van der Waals surface area contributed by atoms with E-state index in [1.165, 1.54) is 0 Å². The number of benzene rings is 1. The molecule has 1 aromatic rings. The van der Waals surface area contributed by atoms with Gasteiger partial charge in [0.05, 0.1) is 6.61 Å². The van der Waals surface area contributed by atoms with Crippen molar-refractivity contribution in [1.29, 1.82) is 0 Å². The number of hydrogen-bond donors (Lipinski definition) is 2.